The third-order valence-corrected chi connectivity index (χ3v) is 7.49. The van der Waals surface area contributed by atoms with Crippen LogP contribution in [0.1, 0.15) is 107 Å². The van der Waals surface area contributed by atoms with Gasteiger partial charge < -0.3 is 18.9 Å². The minimum Gasteiger partial charge on any atom is -0.360 e. The summed E-state index contributed by atoms with van der Waals surface area (Å²) in [5, 5.41) is 4.17. The third kappa shape index (κ3) is 4.18. The second kappa shape index (κ2) is 7.94. The summed E-state index contributed by atoms with van der Waals surface area (Å²) in [7, 11) is 0. The number of carbonyl (C=O) groups is 1. The number of aromatic nitrogens is 1. The highest BCUT2D eigenvalue weighted by Crippen LogP contribution is 2.43. The summed E-state index contributed by atoms with van der Waals surface area (Å²) in [5.41, 5.74) is 0.577. The number of hydrogen-bond donors (Lipinski definition) is 0. The molecule has 0 unspecified atom stereocenters. The van der Waals surface area contributed by atoms with Crippen molar-refractivity contribution in [1.82, 2.24) is 10.1 Å². The van der Waals surface area contributed by atoms with E-state index in [2.05, 4.69) is 23.9 Å². The van der Waals surface area contributed by atoms with Crippen LogP contribution in [0.3, 0.4) is 0 Å². The monoisotopic (exact) mass is 416 g/mol. The van der Waals surface area contributed by atoms with Gasteiger partial charge in [0.1, 0.15) is 5.76 Å². The SMILES string of the molecule is CC1(C)COC2(CCC(N(C(=O)c3cc(C4CC4)on3)C3CCCCC3)CC2)OC1. The van der Waals surface area contributed by atoms with E-state index in [1.165, 1.54) is 19.3 Å². The largest absolute Gasteiger partial charge is 0.360 e. The molecule has 1 aromatic heterocycles. The topological polar surface area (TPSA) is 64.8 Å². The van der Waals surface area contributed by atoms with Crippen LogP contribution in [-0.4, -0.2) is 47.0 Å². The first-order valence-electron chi connectivity index (χ1n) is 12.0. The quantitative estimate of drug-likeness (QED) is 0.688. The number of nitrogens with zero attached hydrogens (tertiary/aromatic N) is 2. The van der Waals surface area contributed by atoms with Gasteiger partial charge in [0.05, 0.1) is 13.2 Å². The Morgan fingerprint density at radius 1 is 0.967 bits per heavy atom. The molecule has 5 rings (SSSR count). The van der Waals surface area contributed by atoms with Gasteiger partial charge in [-0.05, 0) is 38.5 Å². The molecule has 4 fully saturated rings. The molecule has 6 heteroatoms. The highest BCUT2D eigenvalue weighted by molar-refractivity contribution is 5.92. The lowest BCUT2D eigenvalue weighted by molar-refractivity contribution is -0.312. The van der Waals surface area contributed by atoms with E-state index in [0.29, 0.717) is 17.7 Å². The first-order valence-corrected chi connectivity index (χ1v) is 12.0. The number of rotatable bonds is 4. The van der Waals surface area contributed by atoms with Crippen LogP contribution >= 0.6 is 0 Å². The van der Waals surface area contributed by atoms with Crippen molar-refractivity contribution >= 4 is 5.91 Å². The molecule has 0 atom stereocenters. The molecule has 2 heterocycles. The van der Waals surface area contributed by atoms with Crippen LogP contribution in [-0.2, 0) is 9.47 Å². The van der Waals surface area contributed by atoms with Gasteiger partial charge in [-0.1, -0.05) is 38.3 Å². The average molecular weight is 417 g/mol. The molecular weight excluding hydrogens is 380 g/mol. The summed E-state index contributed by atoms with van der Waals surface area (Å²) in [6, 6.07) is 2.45. The average Bonchev–Trinajstić information content (AvgIpc) is 3.49. The molecule has 6 nitrogen and oxygen atoms in total. The van der Waals surface area contributed by atoms with E-state index in [-0.39, 0.29) is 17.4 Å². The summed E-state index contributed by atoms with van der Waals surface area (Å²) in [5.74, 6) is 0.975. The van der Waals surface area contributed by atoms with Gasteiger partial charge in [0.15, 0.2) is 11.5 Å². The normalized spacial score (nSPS) is 27.3. The molecule has 1 saturated heterocycles. The Kier molecular flexibility index (Phi) is 5.42. The van der Waals surface area contributed by atoms with Crippen molar-refractivity contribution in [2.24, 2.45) is 5.41 Å². The first-order chi connectivity index (χ1) is 14.4. The molecule has 0 radical (unpaired) electrons. The molecule has 3 aliphatic carbocycles. The minimum atomic E-state index is -0.444. The standard InChI is InChI=1S/C24H36N2O4/c1-23(2)15-28-24(29-16-23)12-10-19(11-13-24)26(18-6-4-3-5-7-18)22(27)20-14-21(30-25-20)17-8-9-17/h14,17-19H,3-13,15-16H2,1-2H3. The van der Waals surface area contributed by atoms with E-state index < -0.39 is 5.79 Å². The molecule has 4 aliphatic rings. The van der Waals surface area contributed by atoms with Crippen LogP contribution in [0.25, 0.3) is 0 Å². The molecule has 3 saturated carbocycles. The van der Waals surface area contributed by atoms with Gasteiger partial charge in [-0.2, -0.15) is 0 Å². The van der Waals surface area contributed by atoms with Gasteiger partial charge in [-0.25, -0.2) is 0 Å². The molecule has 1 spiro atoms. The second-order valence-electron chi connectivity index (χ2n) is 10.8. The second-order valence-corrected chi connectivity index (χ2v) is 10.8. The van der Waals surface area contributed by atoms with Gasteiger partial charge in [-0.15, -0.1) is 0 Å². The van der Waals surface area contributed by atoms with Crippen molar-refractivity contribution in [3.05, 3.63) is 17.5 Å². The van der Waals surface area contributed by atoms with Crippen LogP contribution in [0.15, 0.2) is 10.6 Å². The molecule has 30 heavy (non-hydrogen) atoms. The van der Waals surface area contributed by atoms with Crippen molar-refractivity contribution in [2.75, 3.05) is 13.2 Å². The zero-order valence-corrected chi connectivity index (χ0v) is 18.5. The molecular formula is C24H36N2O4. The lowest BCUT2D eigenvalue weighted by Crippen LogP contribution is -2.54. The summed E-state index contributed by atoms with van der Waals surface area (Å²) < 4.78 is 18.0. The summed E-state index contributed by atoms with van der Waals surface area (Å²) in [4.78, 5) is 15.8. The maximum absolute atomic E-state index is 13.6. The highest BCUT2D eigenvalue weighted by Gasteiger charge is 2.46. The molecule has 166 valence electrons. The number of carbonyl (C=O) groups excluding carboxylic acids is 1. The Bertz CT molecular complexity index is 743. The van der Waals surface area contributed by atoms with Crippen LogP contribution in [0, 0.1) is 5.41 Å². The van der Waals surface area contributed by atoms with Crippen LogP contribution in [0.2, 0.25) is 0 Å². The van der Waals surface area contributed by atoms with Gasteiger partial charge in [0.25, 0.3) is 5.91 Å². The van der Waals surface area contributed by atoms with Crippen molar-refractivity contribution in [1.29, 1.82) is 0 Å². The maximum atomic E-state index is 13.6. The first kappa shape index (κ1) is 20.5. The van der Waals surface area contributed by atoms with E-state index in [1.807, 2.05) is 6.07 Å². The maximum Gasteiger partial charge on any atom is 0.276 e. The van der Waals surface area contributed by atoms with E-state index in [0.717, 1.165) is 70.3 Å². The van der Waals surface area contributed by atoms with Crippen LogP contribution in [0.5, 0.6) is 0 Å². The zero-order valence-electron chi connectivity index (χ0n) is 18.5. The molecule has 0 aromatic carbocycles. The highest BCUT2D eigenvalue weighted by atomic mass is 16.7. The van der Waals surface area contributed by atoms with E-state index in [1.54, 1.807) is 0 Å². The Labute approximate surface area is 179 Å². The van der Waals surface area contributed by atoms with Crippen molar-refractivity contribution < 1.29 is 18.8 Å². The molecule has 1 aliphatic heterocycles. The zero-order chi connectivity index (χ0) is 20.8. The Balaban J connectivity index is 1.30. The predicted octanol–water partition coefficient (Wildman–Crippen LogP) is 5.04. The lowest BCUT2D eigenvalue weighted by atomic mass is 9.84. The van der Waals surface area contributed by atoms with Crippen LogP contribution < -0.4 is 0 Å². The Hall–Kier alpha value is -1.40. The molecule has 0 N–H and O–H groups in total. The fraction of sp³-hybridized carbons (Fsp3) is 0.833. The van der Waals surface area contributed by atoms with Gasteiger partial charge >= 0.3 is 0 Å². The van der Waals surface area contributed by atoms with E-state index in [9.17, 15) is 4.79 Å². The molecule has 1 aromatic rings. The lowest BCUT2D eigenvalue weighted by Gasteiger charge is -2.49. The number of ether oxygens (including phenoxy) is 2. The predicted molar refractivity (Wildman–Crippen MR) is 112 cm³/mol. The van der Waals surface area contributed by atoms with Gasteiger partial charge in [0.2, 0.25) is 0 Å². The Morgan fingerprint density at radius 2 is 1.60 bits per heavy atom. The van der Waals surface area contributed by atoms with Crippen molar-refractivity contribution in [2.45, 2.75) is 108 Å². The third-order valence-electron chi connectivity index (χ3n) is 7.49. The van der Waals surface area contributed by atoms with Gasteiger partial charge in [0, 0.05) is 42.3 Å². The molecule has 1 amide bonds. The minimum absolute atomic E-state index is 0.0603. The van der Waals surface area contributed by atoms with Crippen molar-refractivity contribution in [3.8, 4) is 0 Å². The smallest absolute Gasteiger partial charge is 0.276 e. The molecule has 0 bridgehead atoms. The fourth-order valence-electron chi connectivity index (χ4n) is 5.42. The summed E-state index contributed by atoms with van der Waals surface area (Å²) in [6.07, 6.45) is 11.8. The van der Waals surface area contributed by atoms with E-state index >= 15 is 0 Å². The fourth-order valence-corrected chi connectivity index (χ4v) is 5.42. The Morgan fingerprint density at radius 3 is 2.23 bits per heavy atom. The van der Waals surface area contributed by atoms with Crippen LogP contribution in [0.4, 0.5) is 0 Å². The summed E-state index contributed by atoms with van der Waals surface area (Å²) >= 11 is 0. The van der Waals surface area contributed by atoms with Gasteiger partial charge in [-0.3, -0.25) is 4.79 Å². The number of hydrogen-bond acceptors (Lipinski definition) is 5. The number of amides is 1. The van der Waals surface area contributed by atoms with Crippen molar-refractivity contribution in [3.63, 3.8) is 0 Å². The summed E-state index contributed by atoms with van der Waals surface area (Å²) in [6.45, 7) is 5.85. The van der Waals surface area contributed by atoms with E-state index in [4.69, 9.17) is 14.0 Å².